The van der Waals surface area contributed by atoms with Gasteiger partial charge in [0, 0.05) is 24.0 Å². The van der Waals surface area contributed by atoms with Crippen molar-refractivity contribution >= 4 is 38.5 Å². The van der Waals surface area contributed by atoms with Crippen LogP contribution in [0.3, 0.4) is 0 Å². The number of ether oxygens (including phenoxy) is 1. The largest absolute Gasteiger partial charge is 0.496 e. The van der Waals surface area contributed by atoms with E-state index in [2.05, 4.69) is 15.3 Å². The average molecular weight is 497 g/mol. The first kappa shape index (κ1) is 22.7. The molecule has 0 spiro atoms. The molecule has 3 aromatic heterocycles. The lowest BCUT2D eigenvalue weighted by atomic mass is 9.95. The van der Waals surface area contributed by atoms with Crippen molar-refractivity contribution < 1.29 is 13.2 Å². The molecule has 1 aromatic carbocycles. The molecule has 3 heterocycles. The topological polar surface area (TPSA) is 86.1 Å². The van der Waals surface area contributed by atoms with Gasteiger partial charge in [0.2, 0.25) is 0 Å². The summed E-state index contributed by atoms with van der Waals surface area (Å²) in [6, 6.07) is 14.0. The fourth-order valence-electron chi connectivity index (χ4n) is 4.56. The monoisotopic (exact) mass is 496 g/mol. The van der Waals surface area contributed by atoms with E-state index in [-0.39, 0.29) is 10.5 Å². The third kappa shape index (κ3) is 4.23. The van der Waals surface area contributed by atoms with Crippen LogP contribution in [0.25, 0.3) is 22.2 Å². The number of fused-ring (bicyclic) bond motifs is 1. The summed E-state index contributed by atoms with van der Waals surface area (Å²) in [6.07, 6.45) is 8.95. The van der Waals surface area contributed by atoms with Crippen molar-refractivity contribution in [2.24, 2.45) is 0 Å². The zero-order chi connectivity index (χ0) is 23.7. The molecule has 176 valence electrons. The number of nitrogens with one attached hydrogen (secondary N) is 1. The van der Waals surface area contributed by atoms with Gasteiger partial charge >= 0.3 is 0 Å². The van der Waals surface area contributed by atoms with E-state index >= 15 is 0 Å². The van der Waals surface area contributed by atoms with Gasteiger partial charge in [-0.05, 0) is 48.7 Å². The van der Waals surface area contributed by atoms with Gasteiger partial charge in [0.15, 0.2) is 5.65 Å². The number of anilines is 1. The third-order valence-corrected chi connectivity index (χ3v) is 8.06. The Hall–Kier alpha value is -3.10. The molecule has 34 heavy (non-hydrogen) atoms. The number of benzene rings is 1. The first-order chi connectivity index (χ1) is 16.5. The fraction of sp³-hybridized carbons (Fsp3) is 0.280. The molecule has 0 aliphatic heterocycles. The molecule has 0 unspecified atom stereocenters. The van der Waals surface area contributed by atoms with Crippen LogP contribution in [0.1, 0.15) is 32.1 Å². The number of rotatable bonds is 6. The lowest BCUT2D eigenvalue weighted by Gasteiger charge is -2.23. The zero-order valence-electron chi connectivity index (χ0n) is 18.7. The molecule has 0 saturated heterocycles. The normalized spacial score (nSPS) is 14.9. The second kappa shape index (κ2) is 9.27. The molecule has 5 rings (SSSR count). The molecule has 0 radical (unpaired) electrons. The lowest BCUT2D eigenvalue weighted by Crippen LogP contribution is -2.22. The van der Waals surface area contributed by atoms with Crippen LogP contribution < -0.4 is 10.1 Å². The fourth-order valence-corrected chi connectivity index (χ4v) is 6.10. The van der Waals surface area contributed by atoms with Crippen molar-refractivity contribution in [3.8, 4) is 16.9 Å². The van der Waals surface area contributed by atoms with Crippen molar-refractivity contribution in [3.63, 3.8) is 0 Å². The number of pyridine rings is 2. The second-order valence-corrected chi connectivity index (χ2v) is 10.6. The molecular formula is C25H25ClN4O3S. The summed E-state index contributed by atoms with van der Waals surface area (Å²) < 4.78 is 33.8. The Morgan fingerprint density at radius 2 is 1.85 bits per heavy atom. The quantitative estimate of drug-likeness (QED) is 0.342. The Morgan fingerprint density at radius 3 is 2.59 bits per heavy atom. The van der Waals surface area contributed by atoms with E-state index < -0.39 is 10.0 Å². The summed E-state index contributed by atoms with van der Waals surface area (Å²) in [7, 11) is -2.33. The molecule has 1 fully saturated rings. The van der Waals surface area contributed by atoms with E-state index in [0.717, 1.165) is 18.4 Å². The summed E-state index contributed by atoms with van der Waals surface area (Å²) in [5.74, 6) is 1.20. The van der Waals surface area contributed by atoms with E-state index in [1.54, 1.807) is 55.8 Å². The van der Waals surface area contributed by atoms with Gasteiger partial charge in [-0.2, -0.15) is 0 Å². The van der Waals surface area contributed by atoms with E-state index in [4.69, 9.17) is 16.3 Å². The van der Waals surface area contributed by atoms with Crippen molar-refractivity contribution in [3.05, 3.63) is 66.1 Å². The van der Waals surface area contributed by atoms with Crippen LogP contribution in [-0.2, 0) is 10.0 Å². The van der Waals surface area contributed by atoms with Crippen LogP contribution in [0.15, 0.2) is 65.8 Å². The molecule has 9 heteroatoms. The summed E-state index contributed by atoms with van der Waals surface area (Å²) in [6.45, 7) is 0. The van der Waals surface area contributed by atoms with Crippen molar-refractivity contribution in [2.75, 3.05) is 12.4 Å². The van der Waals surface area contributed by atoms with Crippen LogP contribution in [0.4, 0.5) is 5.82 Å². The Morgan fingerprint density at radius 1 is 1.09 bits per heavy atom. The number of methoxy groups -OCH3 is 1. The number of hydrogen-bond acceptors (Lipinski definition) is 6. The first-order valence-corrected chi connectivity index (χ1v) is 13.1. The number of aromatic nitrogens is 3. The first-order valence-electron chi connectivity index (χ1n) is 11.3. The molecule has 4 aromatic rings. The highest BCUT2D eigenvalue weighted by Gasteiger charge is 2.25. The minimum atomic E-state index is -3.89. The highest BCUT2D eigenvalue weighted by Crippen LogP contribution is 2.39. The number of hydrogen-bond donors (Lipinski definition) is 1. The molecule has 0 atom stereocenters. The number of halogens is 1. The predicted molar refractivity (Wildman–Crippen MR) is 134 cm³/mol. The van der Waals surface area contributed by atoms with Crippen molar-refractivity contribution in [1.82, 2.24) is 13.9 Å². The highest BCUT2D eigenvalue weighted by atomic mass is 35.5. The number of nitrogens with zero attached hydrogens (tertiary/aromatic N) is 3. The molecule has 1 saturated carbocycles. The van der Waals surface area contributed by atoms with Crippen LogP contribution in [0, 0.1) is 0 Å². The van der Waals surface area contributed by atoms with Crippen LogP contribution in [0.5, 0.6) is 5.75 Å². The second-order valence-electron chi connectivity index (χ2n) is 8.41. The predicted octanol–water partition coefficient (Wildman–Crippen LogP) is 5.74. The summed E-state index contributed by atoms with van der Waals surface area (Å²) in [5, 5.41) is 4.42. The van der Waals surface area contributed by atoms with Gasteiger partial charge < -0.3 is 10.1 Å². The van der Waals surface area contributed by atoms with Crippen molar-refractivity contribution in [1.29, 1.82) is 0 Å². The lowest BCUT2D eigenvalue weighted by molar-refractivity contribution is 0.419. The standard InChI is InChI=1S/C25H25ClN4O3S/c1-33-21-12-13-27-25-24(21)20(16-30(25)34(31,32)19-10-6-3-7-11-19)17-14-22(26)29-23(15-17)28-18-8-4-2-5-9-18/h3,6-7,10-16,18H,2,4-5,8-9H2,1H3,(H,28,29). The Balaban J connectivity index is 1.67. The van der Waals surface area contributed by atoms with Crippen LogP contribution >= 0.6 is 11.6 Å². The van der Waals surface area contributed by atoms with Crippen LogP contribution in [0.2, 0.25) is 5.15 Å². The van der Waals surface area contributed by atoms with Gasteiger partial charge in [-0.25, -0.2) is 22.4 Å². The van der Waals surface area contributed by atoms with E-state index in [1.807, 2.05) is 6.07 Å². The highest BCUT2D eigenvalue weighted by molar-refractivity contribution is 7.90. The SMILES string of the molecule is COc1ccnc2c1c(-c1cc(Cl)nc(NC3CCCCC3)c1)cn2S(=O)(=O)c1ccccc1. The molecule has 7 nitrogen and oxygen atoms in total. The zero-order valence-corrected chi connectivity index (χ0v) is 20.3. The van der Waals surface area contributed by atoms with E-state index in [0.29, 0.717) is 33.7 Å². The Kier molecular flexibility index (Phi) is 6.18. The molecule has 1 N–H and O–H groups in total. The summed E-state index contributed by atoms with van der Waals surface area (Å²) in [5.41, 5.74) is 1.67. The minimum Gasteiger partial charge on any atom is -0.496 e. The summed E-state index contributed by atoms with van der Waals surface area (Å²) >= 11 is 6.41. The maximum atomic E-state index is 13.5. The van der Waals surface area contributed by atoms with Gasteiger partial charge in [0.25, 0.3) is 10.0 Å². The minimum absolute atomic E-state index is 0.176. The van der Waals surface area contributed by atoms with Gasteiger partial charge in [-0.15, -0.1) is 0 Å². The van der Waals surface area contributed by atoms with Gasteiger partial charge in [0.05, 0.1) is 17.4 Å². The molecule has 1 aliphatic rings. The maximum Gasteiger partial charge on any atom is 0.269 e. The molecule has 0 amide bonds. The van der Waals surface area contributed by atoms with E-state index in [1.165, 1.54) is 29.4 Å². The third-order valence-electron chi connectivity index (χ3n) is 6.20. The van der Waals surface area contributed by atoms with Crippen molar-refractivity contribution in [2.45, 2.75) is 43.0 Å². The Bertz CT molecular complexity index is 1430. The van der Waals surface area contributed by atoms with Gasteiger partial charge in [-0.1, -0.05) is 49.1 Å². The van der Waals surface area contributed by atoms with Gasteiger partial charge in [-0.3, -0.25) is 0 Å². The summed E-state index contributed by atoms with van der Waals surface area (Å²) in [4.78, 5) is 9.04. The molecule has 0 bridgehead atoms. The Labute approximate surface area is 203 Å². The maximum absolute atomic E-state index is 13.5. The molecular weight excluding hydrogens is 472 g/mol. The smallest absolute Gasteiger partial charge is 0.269 e. The molecule has 1 aliphatic carbocycles. The van der Waals surface area contributed by atoms with Crippen LogP contribution in [-0.4, -0.2) is 35.5 Å². The average Bonchev–Trinajstić information content (AvgIpc) is 3.26. The van der Waals surface area contributed by atoms with E-state index in [9.17, 15) is 8.42 Å². The van der Waals surface area contributed by atoms with Gasteiger partial charge in [0.1, 0.15) is 16.7 Å².